The Morgan fingerprint density at radius 1 is 0.723 bits per heavy atom. The van der Waals surface area contributed by atoms with E-state index in [-0.39, 0.29) is 68.2 Å². The molecular formula is C55H84O8Si2. The summed E-state index contributed by atoms with van der Waals surface area (Å²) < 4.78 is 18.9. The van der Waals surface area contributed by atoms with Gasteiger partial charge >= 0.3 is 5.97 Å². The molecule has 0 saturated heterocycles. The minimum absolute atomic E-state index is 0. The summed E-state index contributed by atoms with van der Waals surface area (Å²) in [6, 6.07) is 42.1. The van der Waals surface area contributed by atoms with Crippen LogP contribution >= 0.6 is 0 Å². The van der Waals surface area contributed by atoms with Gasteiger partial charge in [0.2, 0.25) is 0 Å². The fourth-order valence-corrected chi connectivity index (χ4v) is 18.9. The quantitative estimate of drug-likeness (QED) is 0.0629. The van der Waals surface area contributed by atoms with E-state index >= 15 is 0 Å². The molecule has 4 aromatic rings. The first-order valence-corrected chi connectivity index (χ1v) is 26.8. The highest BCUT2D eigenvalue weighted by molar-refractivity contribution is 7.00. The zero-order valence-electron chi connectivity index (χ0n) is 39.6. The van der Waals surface area contributed by atoms with Crippen LogP contribution in [-0.4, -0.2) is 82.8 Å². The molecule has 1 aliphatic carbocycles. The number of Topliss-reactive ketones (excluding diaryl/α,β-unsaturated/α-hetero) is 1. The van der Waals surface area contributed by atoms with Gasteiger partial charge in [-0.15, -0.1) is 0 Å². The van der Waals surface area contributed by atoms with E-state index in [0.29, 0.717) is 45.3 Å². The predicted molar refractivity (Wildman–Crippen MR) is 274 cm³/mol. The van der Waals surface area contributed by atoms with Crippen LogP contribution in [0.25, 0.3) is 0 Å². The number of aliphatic hydroxyl groups is 3. The van der Waals surface area contributed by atoms with Crippen molar-refractivity contribution in [3.8, 4) is 0 Å². The van der Waals surface area contributed by atoms with Gasteiger partial charge in [0.1, 0.15) is 5.78 Å². The molecule has 0 spiro atoms. The Kier molecular flexibility index (Phi) is 22.4. The standard InChI is InChI=1S/C27H40O5Si.C26H36O3Si.2CH4/c1-6-27(30,21-28)19-22(17-18-25(29)31-5)20-32-33(26(2,3)4,23-13-9-7-10-14-23)24-15-11-8-12-16-24;1-5-26(20-27)18-21(16-17-24(26)28)19-29-30(25(2,3)4,22-12-8-6-9-13-22)23-14-10-7-11-15-23;;/h7-16,22,28,30H,6,17-21H2,1-5H3;6-15,21,27H,5,16-20H2,1-4H3;2*1H4/t22-,27+;21-,26+;;/m11../s1. The summed E-state index contributed by atoms with van der Waals surface area (Å²) >= 11 is 0. The summed E-state index contributed by atoms with van der Waals surface area (Å²) in [7, 11) is -3.92. The third-order valence-electron chi connectivity index (χ3n) is 13.5. The Hall–Kier alpha value is -3.75. The van der Waals surface area contributed by atoms with Crippen molar-refractivity contribution in [2.45, 2.75) is 137 Å². The van der Waals surface area contributed by atoms with Crippen LogP contribution in [0.5, 0.6) is 0 Å². The van der Waals surface area contributed by atoms with Gasteiger partial charge in [0.05, 0.1) is 31.3 Å². The molecule has 0 bridgehead atoms. The molecule has 1 saturated carbocycles. The van der Waals surface area contributed by atoms with Crippen molar-refractivity contribution in [1.29, 1.82) is 0 Å². The first-order chi connectivity index (χ1) is 29.9. The van der Waals surface area contributed by atoms with Gasteiger partial charge in [-0.1, -0.05) is 192 Å². The highest BCUT2D eigenvalue weighted by Crippen LogP contribution is 2.42. The number of ketones is 1. The maximum atomic E-state index is 12.5. The second-order valence-electron chi connectivity index (χ2n) is 19.7. The summed E-state index contributed by atoms with van der Waals surface area (Å²) in [5, 5.41) is 35.3. The number of rotatable bonds is 19. The van der Waals surface area contributed by atoms with E-state index in [4.69, 9.17) is 13.6 Å². The fraction of sp³-hybridized carbons (Fsp3) is 0.527. The van der Waals surface area contributed by atoms with E-state index in [1.54, 1.807) is 0 Å². The van der Waals surface area contributed by atoms with Gasteiger partial charge < -0.3 is 28.9 Å². The molecular weight excluding hydrogens is 845 g/mol. The summed E-state index contributed by atoms with van der Waals surface area (Å²) in [4.78, 5) is 24.4. The van der Waals surface area contributed by atoms with Crippen molar-refractivity contribution in [3.63, 3.8) is 0 Å². The third kappa shape index (κ3) is 13.7. The second kappa shape index (κ2) is 25.4. The normalized spacial score (nSPS) is 18.2. The van der Waals surface area contributed by atoms with Crippen LogP contribution in [0.1, 0.15) is 122 Å². The van der Waals surface area contributed by atoms with Crippen molar-refractivity contribution in [3.05, 3.63) is 121 Å². The third-order valence-corrected chi connectivity index (χ3v) is 23.5. The fourth-order valence-electron chi connectivity index (χ4n) is 9.65. The highest BCUT2D eigenvalue weighted by atomic mass is 28.4. The first kappa shape index (κ1) is 57.4. The van der Waals surface area contributed by atoms with Crippen molar-refractivity contribution in [2.75, 3.05) is 33.5 Å². The minimum atomic E-state index is -2.73. The lowest BCUT2D eigenvalue weighted by Gasteiger charge is -2.45. The van der Waals surface area contributed by atoms with E-state index in [9.17, 15) is 24.9 Å². The maximum absolute atomic E-state index is 12.5. The van der Waals surface area contributed by atoms with Gasteiger partial charge in [0.25, 0.3) is 16.6 Å². The van der Waals surface area contributed by atoms with Crippen LogP contribution in [0, 0.1) is 17.3 Å². The molecule has 0 amide bonds. The van der Waals surface area contributed by atoms with Gasteiger partial charge in [-0.2, -0.15) is 0 Å². The molecule has 0 radical (unpaired) electrons. The van der Waals surface area contributed by atoms with Gasteiger partial charge in [-0.3, -0.25) is 9.59 Å². The number of carbonyl (C=O) groups excluding carboxylic acids is 2. The van der Waals surface area contributed by atoms with Gasteiger partial charge in [0, 0.05) is 26.1 Å². The molecule has 8 nitrogen and oxygen atoms in total. The maximum Gasteiger partial charge on any atom is 0.305 e. The predicted octanol–water partition coefficient (Wildman–Crippen LogP) is 9.25. The molecule has 5 rings (SSSR count). The Morgan fingerprint density at radius 3 is 1.48 bits per heavy atom. The van der Waals surface area contributed by atoms with Crippen molar-refractivity contribution < 1.29 is 38.5 Å². The van der Waals surface area contributed by atoms with E-state index in [0.717, 1.165) is 12.8 Å². The van der Waals surface area contributed by atoms with Crippen molar-refractivity contribution in [2.24, 2.45) is 17.3 Å². The molecule has 1 aliphatic rings. The molecule has 360 valence electrons. The van der Waals surface area contributed by atoms with Crippen molar-refractivity contribution >= 4 is 49.1 Å². The summed E-state index contributed by atoms with van der Waals surface area (Å²) in [5.74, 6) is 0.114. The number of ether oxygens (including phenoxy) is 1. The number of aliphatic hydroxyl groups excluding tert-OH is 2. The molecule has 0 aliphatic heterocycles. The van der Waals surface area contributed by atoms with Gasteiger partial charge in [-0.25, -0.2) is 0 Å². The Balaban J connectivity index is 0.000000435. The van der Waals surface area contributed by atoms with Crippen LogP contribution in [0.2, 0.25) is 10.1 Å². The smallest absolute Gasteiger partial charge is 0.305 e. The lowest BCUT2D eigenvalue weighted by atomic mass is 9.68. The van der Waals surface area contributed by atoms with Gasteiger partial charge in [-0.05, 0) is 81.2 Å². The van der Waals surface area contributed by atoms with Crippen molar-refractivity contribution in [1.82, 2.24) is 0 Å². The SMILES string of the molecule is C.C.CC[C@@](O)(CO)C[C@@H](CCC(=O)OC)CO[Si](c1ccccc1)(c1ccccc1)C(C)(C)C.CC[C@@]1(CO)C[C@H](CO[Si](c2ccccc2)(c2ccccc2)C(C)(C)C)CCC1=O. The monoisotopic (exact) mass is 929 g/mol. The van der Waals surface area contributed by atoms with Crippen LogP contribution in [0.15, 0.2) is 121 Å². The highest BCUT2D eigenvalue weighted by Gasteiger charge is 2.52. The zero-order chi connectivity index (χ0) is 46.4. The average molecular weight is 929 g/mol. The summed E-state index contributed by atoms with van der Waals surface area (Å²) in [6.45, 7) is 18.0. The summed E-state index contributed by atoms with van der Waals surface area (Å²) in [6.07, 6.45) is 4.35. The Bertz CT molecular complexity index is 1880. The van der Waals surface area contributed by atoms with Crippen LogP contribution in [0.4, 0.5) is 0 Å². The van der Waals surface area contributed by atoms with Crippen LogP contribution in [-0.2, 0) is 23.2 Å². The molecule has 4 atom stereocenters. The van der Waals surface area contributed by atoms with Crippen LogP contribution in [0.3, 0.4) is 0 Å². The minimum Gasteiger partial charge on any atom is -0.469 e. The average Bonchev–Trinajstić information content (AvgIpc) is 3.29. The second-order valence-corrected chi connectivity index (χ2v) is 28.3. The molecule has 10 heteroatoms. The topological polar surface area (TPSA) is 123 Å². The molecule has 0 unspecified atom stereocenters. The number of methoxy groups -OCH3 is 1. The molecule has 1 fully saturated rings. The van der Waals surface area contributed by atoms with E-state index in [1.165, 1.54) is 27.9 Å². The van der Waals surface area contributed by atoms with E-state index in [1.807, 2.05) is 50.2 Å². The summed E-state index contributed by atoms with van der Waals surface area (Å²) in [5.41, 5.74) is -1.78. The first-order valence-electron chi connectivity index (χ1n) is 22.9. The molecule has 65 heavy (non-hydrogen) atoms. The lowest BCUT2D eigenvalue weighted by Crippen LogP contribution is -2.67. The lowest BCUT2D eigenvalue weighted by molar-refractivity contribution is -0.141. The molecule has 3 N–H and O–H groups in total. The molecule has 0 heterocycles. The van der Waals surface area contributed by atoms with E-state index in [2.05, 4.69) is 126 Å². The molecule has 0 aromatic heterocycles. The number of esters is 1. The van der Waals surface area contributed by atoms with Gasteiger partial charge in [0.15, 0.2) is 0 Å². The molecule has 4 aromatic carbocycles. The number of hydrogen-bond donors (Lipinski definition) is 3. The Labute approximate surface area is 395 Å². The number of benzene rings is 4. The number of hydrogen-bond acceptors (Lipinski definition) is 8. The van der Waals surface area contributed by atoms with E-state index < -0.39 is 27.7 Å². The Morgan fingerprint density at radius 2 is 1.14 bits per heavy atom. The largest absolute Gasteiger partial charge is 0.469 e. The van der Waals surface area contributed by atoms with Crippen LogP contribution < -0.4 is 20.7 Å². The zero-order valence-corrected chi connectivity index (χ0v) is 41.6. The number of carbonyl (C=O) groups is 2.